The van der Waals surface area contributed by atoms with E-state index in [9.17, 15) is 40.9 Å². The van der Waals surface area contributed by atoms with Crippen LogP contribution in [0.1, 0.15) is 39.0 Å². The summed E-state index contributed by atoms with van der Waals surface area (Å²) in [7, 11) is 0. The van der Waals surface area contributed by atoms with Crippen LogP contribution >= 0.6 is 0 Å². The Kier molecular flexibility index (Phi) is 10.3. The molecule has 178 valence electrons. The lowest BCUT2D eigenvalue weighted by molar-refractivity contribution is -0.342. The van der Waals surface area contributed by atoms with Crippen molar-refractivity contribution in [2.45, 2.75) is 106 Å². The zero-order valence-electron chi connectivity index (χ0n) is 17.1. The molecule has 11 atom stereocenters. The van der Waals surface area contributed by atoms with Crippen LogP contribution in [0.4, 0.5) is 0 Å². The lowest BCUT2D eigenvalue weighted by Crippen LogP contribution is -2.64. The van der Waals surface area contributed by atoms with E-state index in [4.69, 9.17) is 14.2 Å². The van der Waals surface area contributed by atoms with E-state index in [-0.39, 0.29) is 6.42 Å². The maximum Gasteiger partial charge on any atom is 0.187 e. The standard InChI is InChI=1S/C19H36O11/c1-2-3-4-5-9(22)6-10-13(23)16(26)18(12(8-21)28-10)30-19-17(27)15(25)14(24)11(7-20)29-19/h9-27H,2-8H2,1H3/t9?,10-,11+,12+,13-,14+,15-,16+,17+,18+,19-/m0/s1. The van der Waals surface area contributed by atoms with E-state index in [1.807, 2.05) is 6.92 Å². The van der Waals surface area contributed by atoms with Crippen molar-refractivity contribution in [3.8, 4) is 0 Å². The molecule has 2 saturated heterocycles. The Hall–Kier alpha value is -0.440. The molecule has 2 fully saturated rings. The third-order valence-electron chi connectivity index (χ3n) is 5.75. The predicted octanol–water partition coefficient (Wildman–Crippen LogP) is -3.02. The first-order chi connectivity index (χ1) is 14.2. The van der Waals surface area contributed by atoms with Crippen LogP contribution in [-0.4, -0.2) is 121 Å². The molecule has 0 aromatic rings. The molecule has 1 unspecified atom stereocenters. The zero-order valence-corrected chi connectivity index (χ0v) is 17.1. The maximum atomic E-state index is 10.5. The minimum atomic E-state index is -1.70. The van der Waals surface area contributed by atoms with Gasteiger partial charge in [0.1, 0.15) is 48.8 Å². The van der Waals surface area contributed by atoms with Crippen LogP contribution in [-0.2, 0) is 14.2 Å². The Morgan fingerprint density at radius 2 is 1.40 bits per heavy atom. The molecule has 0 saturated carbocycles. The van der Waals surface area contributed by atoms with Gasteiger partial charge in [-0.3, -0.25) is 0 Å². The summed E-state index contributed by atoms with van der Waals surface area (Å²) in [4.78, 5) is 0. The first kappa shape index (κ1) is 25.8. The molecule has 0 aromatic carbocycles. The van der Waals surface area contributed by atoms with Gasteiger partial charge in [0.25, 0.3) is 0 Å². The second kappa shape index (κ2) is 12.0. The molecule has 8 N–H and O–H groups in total. The Morgan fingerprint density at radius 3 is 2.00 bits per heavy atom. The van der Waals surface area contributed by atoms with Gasteiger partial charge in [-0.05, 0) is 6.42 Å². The number of hydrogen-bond donors (Lipinski definition) is 8. The van der Waals surface area contributed by atoms with Crippen LogP contribution in [0.25, 0.3) is 0 Å². The van der Waals surface area contributed by atoms with Gasteiger partial charge in [-0.15, -0.1) is 0 Å². The smallest absolute Gasteiger partial charge is 0.187 e. The van der Waals surface area contributed by atoms with Crippen LogP contribution in [0.5, 0.6) is 0 Å². The van der Waals surface area contributed by atoms with Gasteiger partial charge in [0, 0.05) is 6.42 Å². The first-order valence-electron chi connectivity index (χ1n) is 10.5. The molecular weight excluding hydrogens is 404 g/mol. The quantitative estimate of drug-likeness (QED) is 0.161. The minimum absolute atomic E-state index is 0.0607. The van der Waals surface area contributed by atoms with Crippen molar-refractivity contribution in [2.75, 3.05) is 13.2 Å². The lowest BCUT2D eigenvalue weighted by atomic mass is 9.91. The summed E-state index contributed by atoms with van der Waals surface area (Å²) < 4.78 is 16.4. The number of ether oxygens (including phenoxy) is 3. The van der Waals surface area contributed by atoms with Gasteiger partial charge < -0.3 is 55.1 Å². The summed E-state index contributed by atoms with van der Waals surface area (Å²) >= 11 is 0. The molecule has 11 heteroatoms. The third-order valence-corrected chi connectivity index (χ3v) is 5.75. The van der Waals surface area contributed by atoms with E-state index >= 15 is 0 Å². The van der Waals surface area contributed by atoms with Crippen LogP contribution < -0.4 is 0 Å². The summed E-state index contributed by atoms with van der Waals surface area (Å²) in [5.41, 5.74) is 0. The van der Waals surface area contributed by atoms with Gasteiger partial charge in [-0.1, -0.05) is 26.2 Å². The number of unbranched alkanes of at least 4 members (excludes halogenated alkanes) is 2. The molecule has 2 heterocycles. The van der Waals surface area contributed by atoms with Gasteiger partial charge in [0.05, 0.1) is 25.4 Å². The Morgan fingerprint density at radius 1 is 0.767 bits per heavy atom. The Bertz CT molecular complexity index is 491. The van der Waals surface area contributed by atoms with Crippen LogP contribution in [0.3, 0.4) is 0 Å². The highest BCUT2D eigenvalue weighted by molar-refractivity contribution is 4.96. The summed E-state index contributed by atoms with van der Waals surface area (Å²) in [6.07, 6.45) is -11.5. The SMILES string of the molecule is CCCCCC(O)C[C@@H]1O[C@H](CO)[C@@H](O[C@@H]2O[C@H](CO)[C@@H](O)[C@H](O)[C@H]2O)[C@H](O)[C@H]1O. The van der Waals surface area contributed by atoms with Crippen molar-refractivity contribution in [1.82, 2.24) is 0 Å². The number of aliphatic hydroxyl groups excluding tert-OH is 8. The van der Waals surface area contributed by atoms with Crippen molar-refractivity contribution in [3.63, 3.8) is 0 Å². The molecule has 0 aromatic heterocycles. The fourth-order valence-electron chi connectivity index (χ4n) is 3.88. The van der Waals surface area contributed by atoms with Crippen molar-refractivity contribution in [3.05, 3.63) is 0 Å². The van der Waals surface area contributed by atoms with E-state index in [0.29, 0.717) is 6.42 Å². The monoisotopic (exact) mass is 440 g/mol. The number of rotatable bonds is 10. The zero-order chi connectivity index (χ0) is 22.4. The van der Waals surface area contributed by atoms with Gasteiger partial charge in [-0.25, -0.2) is 0 Å². The van der Waals surface area contributed by atoms with Gasteiger partial charge >= 0.3 is 0 Å². The fraction of sp³-hybridized carbons (Fsp3) is 1.00. The molecule has 2 aliphatic rings. The maximum absolute atomic E-state index is 10.5. The second-order valence-corrected chi connectivity index (χ2v) is 8.06. The number of aliphatic hydroxyl groups is 8. The van der Waals surface area contributed by atoms with E-state index in [0.717, 1.165) is 19.3 Å². The molecule has 0 spiro atoms. The Labute approximate surface area is 175 Å². The third kappa shape index (κ3) is 6.08. The molecule has 2 aliphatic heterocycles. The molecule has 0 bridgehead atoms. The molecule has 11 nitrogen and oxygen atoms in total. The van der Waals surface area contributed by atoms with Crippen molar-refractivity contribution >= 4 is 0 Å². The summed E-state index contributed by atoms with van der Waals surface area (Å²) in [5.74, 6) is 0. The fourth-order valence-corrected chi connectivity index (χ4v) is 3.88. The van der Waals surface area contributed by atoms with Gasteiger partial charge in [0.2, 0.25) is 0 Å². The Balaban J connectivity index is 2.02. The minimum Gasteiger partial charge on any atom is -0.394 e. The largest absolute Gasteiger partial charge is 0.394 e. The molecule has 0 amide bonds. The number of hydrogen-bond acceptors (Lipinski definition) is 11. The van der Waals surface area contributed by atoms with Crippen molar-refractivity contribution in [1.29, 1.82) is 0 Å². The molecule has 0 aliphatic carbocycles. The molecule has 0 radical (unpaired) electrons. The van der Waals surface area contributed by atoms with Crippen molar-refractivity contribution < 1.29 is 55.1 Å². The molecular formula is C19H36O11. The highest BCUT2D eigenvalue weighted by Gasteiger charge is 2.50. The van der Waals surface area contributed by atoms with Gasteiger partial charge in [-0.2, -0.15) is 0 Å². The summed E-state index contributed by atoms with van der Waals surface area (Å²) in [6.45, 7) is 0.797. The van der Waals surface area contributed by atoms with E-state index in [1.165, 1.54) is 0 Å². The lowest BCUT2D eigenvalue weighted by Gasteiger charge is -2.46. The summed E-state index contributed by atoms with van der Waals surface area (Å²) in [6, 6.07) is 0. The second-order valence-electron chi connectivity index (χ2n) is 8.06. The first-order valence-corrected chi connectivity index (χ1v) is 10.5. The van der Waals surface area contributed by atoms with Crippen molar-refractivity contribution in [2.24, 2.45) is 0 Å². The van der Waals surface area contributed by atoms with Crippen LogP contribution in [0.2, 0.25) is 0 Å². The molecule has 2 rings (SSSR count). The predicted molar refractivity (Wildman–Crippen MR) is 101 cm³/mol. The van der Waals surface area contributed by atoms with E-state index in [2.05, 4.69) is 0 Å². The van der Waals surface area contributed by atoms with Crippen LogP contribution in [0.15, 0.2) is 0 Å². The van der Waals surface area contributed by atoms with Crippen LogP contribution in [0, 0.1) is 0 Å². The van der Waals surface area contributed by atoms with Gasteiger partial charge in [0.15, 0.2) is 6.29 Å². The van der Waals surface area contributed by atoms with E-state index < -0.39 is 80.5 Å². The van der Waals surface area contributed by atoms with E-state index in [1.54, 1.807) is 0 Å². The average molecular weight is 440 g/mol. The highest BCUT2D eigenvalue weighted by Crippen LogP contribution is 2.30. The topological polar surface area (TPSA) is 190 Å². The average Bonchev–Trinajstić information content (AvgIpc) is 2.73. The normalized spacial score (nSPS) is 43.5. The highest BCUT2D eigenvalue weighted by atomic mass is 16.7. The molecule has 30 heavy (non-hydrogen) atoms. The summed E-state index contributed by atoms with van der Waals surface area (Å²) in [5, 5.41) is 79.9.